The van der Waals surface area contributed by atoms with E-state index < -0.39 is 0 Å². The summed E-state index contributed by atoms with van der Waals surface area (Å²) in [6.07, 6.45) is 48.1. The van der Waals surface area contributed by atoms with Gasteiger partial charge in [0.05, 0.1) is 0 Å². The monoisotopic (exact) mass is 793 g/mol. The number of hydrogen-bond acceptors (Lipinski definition) is 3. The van der Waals surface area contributed by atoms with Gasteiger partial charge in [-0.1, -0.05) is 128 Å². The largest absolute Gasteiger partial charge is 0.485 e. The first-order chi connectivity index (χ1) is 29.7. The first kappa shape index (κ1) is 35.8. The van der Waals surface area contributed by atoms with Gasteiger partial charge in [-0.05, 0) is 154 Å². The van der Waals surface area contributed by atoms with E-state index in [1.165, 1.54) is 93.3 Å². The summed E-state index contributed by atoms with van der Waals surface area (Å²) < 4.78 is 8.20. The predicted molar refractivity (Wildman–Crippen MR) is 251 cm³/mol. The van der Waals surface area contributed by atoms with Crippen LogP contribution in [-0.2, 0) is 17.6 Å². The third-order valence-electron chi connectivity index (χ3n) is 13.6. The van der Waals surface area contributed by atoms with E-state index in [0.29, 0.717) is 5.92 Å². The Bertz CT molecular complexity index is 2870. The van der Waals surface area contributed by atoms with E-state index in [1.807, 2.05) is 11.3 Å². The van der Waals surface area contributed by atoms with Crippen molar-refractivity contribution in [1.29, 1.82) is 0 Å². The number of benzene rings is 3. The van der Waals surface area contributed by atoms with Gasteiger partial charge in [0.2, 0.25) is 0 Å². The fraction of sp³-hybridized carbons (Fsp3) is 0.193. The molecule has 0 amide bonds. The van der Waals surface area contributed by atoms with Crippen molar-refractivity contribution in [1.82, 2.24) is 4.90 Å². The maximum absolute atomic E-state index is 6.86. The zero-order chi connectivity index (χ0) is 39.6. The molecule has 2 heterocycles. The van der Waals surface area contributed by atoms with Gasteiger partial charge in [0.25, 0.3) is 0 Å². The Labute approximate surface area is 357 Å². The van der Waals surface area contributed by atoms with E-state index in [4.69, 9.17) is 4.74 Å². The molecule has 3 heteroatoms. The molecule has 3 atom stereocenters. The van der Waals surface area contributed by atoms with Gasteiger partial charge in [-0.25, -0.2) is 0 Å². The molecule has 0 saturated carbocycles. The smallest absolute Gasteiger partial charge is 0.128 e. The number of thiophene rings is 1. The zero-order valence-corrected chi connectivity index (χ0v) is 34.6. The van der Waals surface area contributed by atoms with Crippen LogP contribution in [0.4, 0.5) is 0 Å². The standard InChI is InChI=1S/C57H47NOS/c1-2-11-42-33-53-51-29-27-49(36-55(51)59-54(53)34-43(42)12-3-1)58(48-25-23-44-31-46-30-40-13-4-5-14-41(40)32-52(46)50(44)28-26-48)47-16-8-6-10-37(22-24-47)38-18-20-39(21-19-38)57-35-45-15-7-9-17-56(45)60-57/h2-4,6-9,11-13,15-24,26,28,30,32-37,53-54H,1,5,10,14,25,27,29,31H2/b8-6+,24-22?,47-16?. The molecule has 3 aromatic carbocycles. The van der Waals surface area contributed by atoms with Gasteiger partial charge < -0.3 is 9.64 Å². The lowest BCUT2D eigenvalue weighted by molar-refractivity contribution is 0.172. The van der Waals surface area contributed by atoms with Gasteiger partial charge in [-0.15, -0.1) is 11.3 Å². The van der Waals surface area contributed by atoms with Crippen molar-refractivity contribution >= 4 is 33.1 Å². The summed E-state index contributed by atoms with van der Waals surface area (Å²) in [6.45, 7) is 0. The van der Waals surface area contributed by atoms with Crippen LogP contribution < -0.4 is 0 Å². The summed E-state index contributed by atoms with van der Waals surface area (Å²) in [5.41, 5.74) is 19.1. The van der Waals surface area contributed by atoms with Crippen molar-refractivity contribution in [3.05, 3.63) is 237 Å². The van der Waals surface area contributed by atoms with Crippen molar-refractivity contribution in [2.24, 2.45) is 5.92 Å². The first-order valence-corrected chi connectivity index (χ1v) is 22.7. The summed E-state index contributed by atoms with van der Waals surface area (Å²) in [6, 6.07) is 25.2. The number of nitrogens with zero attached hydrogens (tertiary/aromatic N) is 1. The Kier molecular flexibility index (Phi) is 8.84. The topological polar surface area (TPSA) is 12.5 Å². The van der Waals surface area contributed by atoms with Crippen LogP contribution in [0.2, 0.25) is 0 Å². The third kappa shape index (κ3) is 6.39. The van der Waals surface area contributed by atoms with Crippen LogP contribution in [0.1, 0.15) is 72.3 Å². The van der Waals surface area contributed by atoms with Crippen molar-refractivity contribution in [3.63, 3.8) is 0 Å². The molecule has 292 valence electrons. The van der Waals surface area contributed by atoms with E-state index >= 15 is 0 Å². The fourth-order valence-electron chi connectivity index (χ4n) is 10.5. The number of fused-ring (bicyclic) bond motifs is 8. The van der Waals surface area contributed by atoms with E-state index in [9.17, 15) is 0 Å². The average Bonchev–Trinajstić information content (AvgIpc) is 3.85. The molecule has 4 aromatic rings. The maximum Gasteiger partial charge on any atom is 0.128 e. The minimum absolute atomic E-state index is 0.0515. The number of allylic oxidation sites excluding steroid dienone is 19. The SMILES string of the molecule is C1=CC2=CC3OC4=C(CCC(N(C5=C/C=C/CC(c6ccc(-c7cc8ccccc8s7)cc6)C=C5)C5=CC=C6C(=CC5)Cc5cc7c(cc56)CCC=C7)=C4)C3C=C2C=CC1. The number of aryl methyl sites for hydroxylation is 1. The van der Waals surface area contributed by atoms with Crippen LogP contribution >= 0.6 is 11.3 Å². The highest BCUT2D eigenvalue weighted by atomic mass is 32.1. The molecular weight excluding hydrogens is 747 g/mol. The van der Waals surface area contributed by atoms with E-state index in [0.717, 1.165) is 57.1 Å². The van der Waals surface area contributed by atoms with Crippen LogP contribution in [0.5, 0.6) is 0 Å². The van der Waals surface area contributed by atoms with Gasteiger partial charge in [0.1, 0.15) is 11.9 Å². The molecule has 3 unspecified atom stereocenters. The van der Waals surface area contributed by atoms with Crippen molar-refractivity contribution in [2.45, 2.75) is 63.4 Å². The van der Waals surface area contributed by atoms with Crippen LogP contribution in [0.25, 0.3) is 32.2 Å². The van der Waals surface area contributed by atoms with E-state index in [2.05, 4.69) is 175 Å². The van der Waals surface area contributed by atoms with Crippen LogP contribution in [0, 0.1) is 5.92 Å². The van der Waals surface area contributed by atoms with Crippen molar-refractivity contribution < 1.29 is 4.74 Å². The minimum atomic E-state index is 0.0515. The highest BCUT2D eigenvalue weighted by Gasteiger charge is 2.38. The second kappa shape index (κ2) is 14.8. The lowest BCUT2D eigenvalue weighted by atomic mass is 9.82. The zero-order valence-electron chi connectivity index (χ0n) is 33.8. The lowest BCUT2D eigenvalue weighted by Gasteiger charge is -2.33. The normalized spacial score (nSPS) is 23.9. The van der Waals surface area contributed by atoms with Crippen molar-refractivity contribution in [3.8, 4) is 10.4 Å². The first-order valence-electron chi connectivity index (χ1n) is 21.9. The quantitative estimate of drug-likeness (QED) is 0.200. The maximum atomic E-state index is 6.86. The summed E-state index contributed by atoms with van der Waals surface area (Å²) in [4.78, 5) is 3.88. The summed E-state index contributed by atoms with van der Waals surface area (Å²) in [7, 11) is 0. The summed E-state index contributed by atoms with van der Waals surface area (Å²) >= 11 is 1.87. The van der Waals surface area contributed by atoms with E-state index in [1.54, 1.807) is 0 Å². The van der Waals surface area contributed by atoms with Gasteiger partial charge in [-0.3, -0.25) is 0 Å². The van der Waals surface area contributed by atoms with Gasteiger partial charge >= 0.3 is 0 Å². The fourth-order valence-corrected chi connectivity index (χ4v) is 11.6. The molecule has 0 saturated heterocycles. The molecule has 12 rings (SSSR count). The molecule has 0 spiro atoms. The Morgan fingerprint density at radius 1 is 0.750 bits per heavy atom. The molecule has 1 aliphatic heterocycles. The second-order valence-corrected chi connectivity index (χ2v) is 18.3. The predicted octanol–water partition coefficient (Wildman–Crippen LogP) is 14.5. The molecule has 1 aromatic heterocycles. The Balaban J connectivity index is 0.896. The number of ether oxygens (including phenoxy) is 1. The van der Waals surface area contributed by atoms with Gasteiger partial charge in [0.15, 0.2) is 0 Å². The number of rotatable bonds is 5. The molecule has 0 fully saturated rings. The molecule has 0 bridgehead atoms. The van der Waals surface area contributed by atoms with Gasteiger partial charge in [0, 0.05) is 44.9 Å². The molecule has 8 aliphatic rings. The van der Waals surface area contributed by atoms with Crippen LogP contribution in [0.3, 0.4) is 0 Å². The molecular formula is C57H47NOS. The third-order valence-corrected chi connectivity index (χ3v) is 14.8. The van der Waals surface area contributed by atoms with Gasteiger partial charge in [-0.2, -0.15) is 0 Å². The minimum Gasteiger partial charge on any atom is -0.485 e. The van der Waals surface area contributed by atoms with E-state index in [-0.39, 0.29) is 12.0 Å². The molecule has 0 radical (unpaired) electrons. The molecule has 7 aliphatic carbocycles. The lowest BCUT2D eigenvalue weighted by Crippen LogP contribution is -2.23. The average molecular weight is 794 g/mol. The van der Waals surface area contributed by atoms with Crippen molar-refractivity contribution in [2.75, 3.05) is 0 Å². The molecule has 2 nitrogen and oxygen atoms in total. The Morgan fingerprint density at radius 3 is 2.57 bits per heavy atom. The van der Waals surface area contributed by atoms with Crippen LogP contribution in [-0.4, -0.2) is 11.0 Å². The highest BCUT2D eigenvalue weighted by Crippen LogP contribution is 2.47. The highest BCUT2D eigenvalue weighted by molar-refractivity contribution is 7.22. The second-order valence-electron chi connectivity index (χ2n) is 17.2. The molecule has 60 heavy (non-hydrogen) atoms. The van der Waals surface area contributed by atoms with Crippen LogP contribution in [0.15, 0.2) is 209 Å². The number of hydrogen-bond donors (Lipinski definition) is 0. The Morgan fingerprint density at radius 2 is 1.65 bits per heavy atom. The molecule has 0 N–H and O–H groups in total. The summed E-state index contributed by atoms with van der Waals surface area (Å²) in [5, 5.41) is 1.31. The Hall–Kier alpha value is -6.16. The summed E-state index contributed by atoms with van der Waals surface area (Å²) in [5.74, 6) is 1.63.